The van der Waals surface area contributed by atoms with Crippen molar-refractivity contribution >= 4 is 40.2 Å². The molecule has 0 aromatic heterocycles. The molecule has 0 aliphatic carbocycles. The molecular formula is C25H26ClF3S2. The van der Waals surface area contributed by atoms with E-state index in [0.29, 0.717) is 10.6 Å². The lowest BCUT2D eigenvalue weighted by atomic mass is 10.0. The number of aryl methyl sites for hydroxylation is 1. The summed E-state index contributed by atoms with van der Waals surface area (Å²) >= 11 is 10.2. The fraction of sp³-hybridized carbons (Fsp3) is 0.360. The SMILES string of the molecule is CCCCc1ccc(C2(/C=C/C=C(\Cl)c3ccc(C(F)(F)F)cc3)SCCCS2)cc1. The molecule has 1 fully saturated rings. The van der Waals surface area contributed by atoms with E-state index in [9.17, 15) is 13.2 Å². The van der Waals surface area contributed by atoms with Gasteiger partial charge in [-0.05, 0) is 65.7 Å². The minimum atomic E-state index is -4.34. The van der Waals surface area contributed by atoms with Gasteiger partial charge in [0.15, 0.2) is 0 Å². The third-order valence-electron chi connectivity index (χ3n) is 5.14. The number of alkyl halides is 3. The molecule has 166 valence electrons. The zero-order chi connectivity index (χ0) is 22.3. The van der Waals surface area contributed by atoms with Gasteiger partial charge in [0, 0.05) is 5.03 Å². The molecule has 0 bridgehead atoms. The van der Waals surface area contributed by atoms with Gasteiger partial charge in [-0.3, -0.25) is 0 Å². The molecule has 1 aliphatic rings. The van der Waals surface area contributed by atoms with Crippen LogP contribution >= 0.6 is 35.1 Å². The third-order valence-corrected chi connectivity index (χ3v) is 8.78. The molecule has 1 aliphatic heterocycles. The molecule has 31 heavy (non-hydrogen) atoms. The highest BCUT2D eigenvalue weighted by molar-refractivity contribution is 8.18. The van der Waals surface area contributed by atoms with Gasteiger partial charge < -0.3 is 0 Å². The number of benzene rings is 2. The van der Waals surface area contributed by atoms with Crippen LogP contribution in [-0.2, 0) is 16.7 Å². The van der Waals surface area contributed by atoms with Crippen LogP contribution < -0.4 is 0 Å². The maximum absolute atomic E-state index is 12.8. The highest BCUT2D eigenvalue weighted by Gasteiger charge is 2.33. The number of hydrogen-bond acceptors (Lipinski definition) is 2. The number of allylic oxidation sites excluding steroid dienone is 2. The minimum absolute atomic E-state index is 0.171. The summed E-state index contributed by atoms with van der Waals surface area (Å²) in [6.45, 7) is 2.20. The highest BCUT2D eigenvalue weighted by Crippen LogP contribution is 2.51. The van der Waals surface area contributed by atoms with Crippen LogP contribution in [0.1, 0.15) is 48.4 Å². The van der Waals surface area contributed by atoms with Gasteiger partial charge in [-0.1, -0.05) is 73.5 Å². The topological polar surface area (TPSA) is 0 Å². The van der Waals surface area contributed by atoms with Gasteiger partial charge in [0.2, 0.25) is 0 Å². The Hall–Kier alpha value is -1.30. The van der Waals surface area contributed by atoms with Gasteiger partial charge in [0.05, 0.1) is 5.56 Å². The lowest BCUT2D eigenvalue weighted by Crippen LogP contribution is -2.20. The van der Waals surface area contributed by atoms with Gasteiger partial charge in [-0.2, -0.15) is 13.2 Å². The Labute approximate surface area is 196 Å². The summed E-state index contributed by atoms with van der Waals surface area (Å²) in [4.78, 5) is 0. The van der Waals surface area contributed by atoms with Crippen molar-refractivity contribution in [1.29, 1.82) is 0 Å². The van der Waals surface area contributed by atoms with Crippen molar-refractivity contribution in [2.45, 2.75) is 42.9 Å². The number of unbranched alkanes of at least 4 members (excludes halogenated alkanes) is 1. The van der Waals surface area contributed by atoms with Crippen molar-refractivity contribution in [3.8, 4) is 0 Å². The second-order valence-electron chi connectivity index (χ2n) is 7.47. The largest absolute Gasteiger partial charge is 0.416 e. The van der Waals surface area contributed by atoms with E-state index in [4.69, 9.17) is 11.6 Å². The van der Waals surface area contributed by atoms with Gasteiger partial charge in [0.25, 0.3) is 0 Å². The van der Waals surface area contributed by atoms with E-state index in [1.807, 2.05) is 29.6 Å². The molecule has 3 rings (SSSR count). The van der Waals surface area contributed by atoms with Crippen LogP contribution in [0, 0.1) is 0 Å². The van der Waals surface area contributed by atoms with Crippen molar-refractivity contribution in [3.63, 3.8) is 0 Å². The van der Waals surface area contributed by atoms with E-state index >= 15 is 0 Å². The molecule has 0 unspecified atom stereocenters. The molecule has 0 N–H and O–H groups in total. The summed E-state index contributed by atoms with van der Waals surface area (Å²) in [5.41, 5.74) is 2.52. The molecular weight excluding hydrogens is 457 g/mol. The summed E-state index contributed by atoms with van der Waals surface area (Å²) in [6.07, 6.45) is 6.17. The highest BCUT2D eigenvalue weighted by atomic mass is 35.5. The molecule has 0 saturated carbocycles. The smallest absolute Gasteiger partial charge is 0.166 e. The molecule has 0 atom stereocenters. The van der Waals surface area contributed by atoms with E-state index in [2.05, 4.69) is 37.3 Å². The first-order valence-electron chi connectivity index (χ1n) is 10.4. The maximum Gasteiger partial charge on any atom is 0.416 e. The summed E-state index contributed by atoms with van der Waals surface area (Å²) in [7, 11) is 0. The van der Waals surface area contributed by atoms with E-state index in [1.54, 1.807) is 6.08 Å². The fourth-order valence-corrected chi connectivity index (χ4v) is 6.72. The van der Waals surface area contributed by atoms with Gasteiger partial charge in [0.1, 0.15) is 4.08 Å². The monoisotopic (exact) mass is 482 g/mol. The summed E-state index contributed by atoms with van der Waals surface area (Å²) in [5, 5.41) is 0.417. The standard InChI is InChI=1S/C25H26ClF3S2/c1-2-3-6-19-8-12-21(13-9-19)24(30-17-5-18-31-24)16-4-7-23(26)20-10-14-22(15-11-20)25(27,28)29/h4,7-16H,2-3,5-6,17-18H2,1H3/b16-4+,23-7-. The molecule has 0 spiro atoms. The minimum Gasteiger partial charge on any atom is -0.166 e. The van der Waals surface area contributed by atoms with Crippen molar-refractivity contribution < 1.29 is 13.2 Å². The van der Waals surface area contributed by atoms with E-state index in [0.717, 1.165) is 30.1 Å². The molecule has 1 heterocycles. The van der Waals surface area contributed by atoms with E-state index in [1.165, 1.54) is 42.5 Å². The van der Waals surface area contributed by atoms with Crippen molar-refractivity contribution in [3.05, 3.63) is 89.0 Å². The molecule has 2 aromatic rings. The van der Waals surface area contributed by atoms with Crippen LogP contribution in [0.2, 0.25) is 0 Å². The predicted octanol–water partition coefficient (Wildman–Crippen LogP) is 8.91. The van der Waals surface area contributed by atoms with Crippen LogP contribution in [0.25, 0.3) is 5.03 Å². The van der Waals surface area contributed by atoms with Gasteiger partial charge in [-0.25, -0.2) is 0 Å². The molecule has 6 heteroatoms. The Bertz CT molecular complexity index is 894. The zero-order valence-corrected chi connectivity index (χ0v) is 19.8. The molecule has 2 aromatic carbocycles. The van der Waals surface area contributed by atoms with Crippen LogP contribution in [0.15, 0.2) is 66.8 Å². The zero-order valence-electron chi connectivity index (χ0n) is 17.4. The second-order valence-corrected chi connectivity index (χ2v) is 10.8. The predicted molar refractivity (Wildman–Crippen MR) is 131 cm³/mol. The molecule has 0 amide bonds. The number of thioether (sulfide) groups is 2. The number of hydrogen-bond donors (Lipinski definition) is 0. The van der Waals surface area contributed by atoms with Gasteiger partial charge in [-0.15, -0.1) is 23.5 Å². The maximum atomic E-state index is 12.8. The van der Waals surface area contributed by atoms with E-state index < -0.39 is 11.7 Å². The van der Waals surface area contributed by atoms with Crippen LogP contribution in [0.3, 0.4) is 0 Å². The molecule has 0 nitrogen and oxygen atoms in total. The Balaban J connectivity index is 1.78. The third kappa shape index (κ3) is 6.59. The van der Waals surface area contributed by atoms with Crippen molar-refractivity contribution in [1.82, 2.24) is 0 Å². The second kappa shape index (κ2) is 11.0. The summed E-state index contributed by atoms with van der Waals surface area (Å²) in [6, 6.07) is 13.8. The lowest BCUT2D eigenvalue weighted by molar-refractivity contribution is -0.137. The first-order chi connectivity index (χ1) is 14.8. The quantitative estimate of drug-likeness (QED) is 0.361. The Kier molecular flexibility index (Phi) is 8.65. The number of rotatable bonds is 7. The molecule has 0 radical (unpaired) electrons. The Morgan fingerprint density at radius 3 is 2.26 bits per heavy atom. The first-order valence-corrected chi connectivity index (χ1v) is 12.8. The Morgan fingerprint density at radius 2 is 1.68 bits per heavy atom. The van der Waals surface area contributed by atoms with Crippen molar-refractivity contribution in [2.24, 2.45) is 0 Å². The Morgan fingerprint density at radius 1 is 1.03 bits per heavy atom. The fourth-order valence-electron chi connectivity index (χ4n) is 3.37. The first kappa shape index (κ1) is 24.3. The summed E-state index contributed by atoms with van der Waals surface area (Å²) < 4.78 is 38.1. The summed E-state index contributed by atoms with van der Waals surface area (Å²) in [5.74, 6) is 2.18. The van der Waals surface area contributed by atoms with Crippen molar-refractivity contribution in [2.75, 3.05) is 11.5 Å². The van der Waals surface area contributed by atoms with Crippen LogP contribution in [0.4, 0.5) is 13.2 Å². The number of halogens is 4. The van der Waals surface area contributed by atoms with Crippen LogP contribution in [-0.4, -0.2) is 11.5 Å². The average molecular weight is 483 g/mol. The van der Waals surface area contributed by atoms with Gasteiger partial charge >= 0.3 is 6.18 Å². The average Bonchev–Trinajstić information content (AvgIpc) is 2.78. The van der Waals surface area contributed by atoms with Crippen LogP contribution in [0.5, 0.6) is 0 Å². The normalized spacial score (nSPS) is 17.3. The lowest BCUT2D eigenvalue weighted by Gasteiger charge is -2.34. The molecule has 1 saturated heterocycles. The van der Waals surface area contributed by atoms with E-state index in [-0.39, 0.29) is 4.08 Å².